The molecule has 1 saturated heterocycles. The van der Waals surface area contributed by atoms with Gasteiger partial charge in [0.1, 0.15) is 0 Å². The van der Waals surface area contributed by atoms with Crippen LogP contribution in [0.2, 0.25) is 0 Å². The molecular weight excluding hydrogens is 186 g/mol. The fourth-order valence-electron chi connectivity index (χ4n) is 1.92. The Labute approximate surface area is 95.1 Å². The molecule has 0 aliphatic carbocycles. The molecule has 0 N–H and O–H groups in total. The van der Waals surface area contributed by atoms with Crippen LogP contribution >= 0.6 is 0 Å². The molecule has 1 aliphatic heterocycles. The van der Waals surface area contributed by atoms with E-state index in [1.54, 1.807) is 24.3 Å². The number of benzene rings is 1. The first kappa shape index (κ1) is 7.04. The number of likely N-dealkylation sites (tertiary alicyclic amines) is 1. The Morgan fingerprint density at radius 1 is 1.40 bits per heavy atom. The quantitative estimate of drug-likeness (QED) is 0.692. The highest BCUT2D eigenvalue weighted by Crippen LogP contribution is 2.18. The largest absolute Gasteiger partial charge is 0.336 e. The molecule has 1 atom stereocenters. The number of amides is 1. The van der Waals surface area contributed by atoms with Crippen LogP contribution in [0.25, 0.3) is 0 Å². The van der Waals surface area contributed by atoms with Crippen molar-refractivity contribution in [1.82, 2.24) is 4.90 Å². The molecule has 0 saturated carbocycles. The zero-order valence-corrected chi connectivity index (χ0v) is 8.65. The second-order valence-electron chi connectivity index (χ2n) is 3.88. The molecule has 0 spiro atoms. The van der Waals surface area contributed by atoms with E-state index in [0.29, 0.717) is 18.5 Å². The predicted octanol–water partition coefficient (Wildman–Crippen LogP) is 2.70. The molecule has 1 aromatic carbocycles. The Balaban J connectivity index is 2.22. The summed E-state index contributed by atoms with van der Waals surface area (Å²) in [6.07, 6.45) is 2.32. The van der Waals surface area contributed by atoms with E-state index in [0.717, 1.165) is 12.8 Å². The minimum absolute atomic E-state index is 0.170. The van der Waals surface area contributed by atoms with Crippen LogP contribution < -0.4 is 0 Å². The van der Waals surface area contributed by atoms with Crippen molar-refractivity contribution in [3.05, 3.63) is 35.9 Å². The molecule has 0 bridgehead atoms. The van der Waals surface area contributed by atoms with Crippen LogP contribution in [0.3, 0.4) is 0 Å². The zero-order chi connectivity index (χ0) is 13.2. The molecule has 1 heterocycles. The molecular formula is C13H17NO. The maximum absolute atomic E-state index is 12.3. The van der Waals surface area contributed by atoms with E-state index in [1.807, 2.05) is 6.07 Å². The number of rotatable bonds is 1. The van der Waals surface area contributed by atoms with Crippen LogP contribution in [-0.4, -0.2) is 23.4 Å². The van der Waals surface area contributed by atoms with Crippen molar-refractivity contribution in [2.45, 2.75) is 32.2 Å². The number of carbonyl (C=O) groups excluding carboxylic acids is 1. The summed E-state index contributed by atoms with van der Waals surface area (Å²) >= 11 is 0. The van der Waals surface area contributed by atoms with Crippen molar-refractivity contribution in [3.63, 3.8) is 0 Å². The Morgan fingerprint density at radius 2 is 2.20 bits per heavy atom. The standard InChI is InChI=1S/C13H17NO/c1-11-7-5-6-10-14(11)13(15)12-8-3-2-4-9-12/h2-4,8-9,11H,5-7,10H2,1H3/t11-/m1/s1/i1D3. The summed E-state index contributed by atoms with van der Waals surface area (Å²) < 4.78 is 22.7. The fourth-order valence-corrected chi connectivity index (χ4v) is 1.92. The van der Waals surface area contributed by atoms with Crippen molar-refractivity contribution in [2.75, 3.05) is 6.54 Å². The van der Waals surface area contributed by atoms with Crippen molar-refractivity contribution in [3.8, 4) is 0 Å². The van der Waals surface area contributed by atoms with Gasteiger partial charge in [-0.05, 0) is 38.2 Å². The molecule has 0 radical (unpaired) electrons. The first-order chi connectivity index (χ1) is 8.50. The van der Waals surface area contributed by atoms with E-state index in [-0.39, 0.29) is 5.91 Å². The summed E-state index contributed by atoms with van der Waals surface area (Å²) in [7, 11) is 0. The smallest absolute Gasteiger partial charge is 0.254 e. The number of nitrogens with zero attached hydrogens (tertiary/aromatic N) is 1. The molecule has 15 heavy (non-hydrogen) atoms. The third-order valence-electron chi connectivity index (χ3n) is 2.78. The van der Waals surface area contributed by atoms with Crippen molar-refractivity contribution in [2.24, 2.45) is 0 Å². The van der Waals surface area contributed by atoms with Crippen LogP contribution in [0.4, 0.5) is 0 Å². The number of piperidine rings is 1. The molecule has 1 fully saturated rings. The summed E-state index contributed by atoms with van der Waals surface area (Å²) in [5, 5.41) is 0. The van der Waals surface area contributed by atoms with Gasteiger partial charge < -0.3 is 4.90 Å². The molecule has 0 aromatic heterocycles. The Morgan fingerprint density at radius 3 is 2.93 bits per heavy atom. The highest BCUT2D eigenvalue weighted by Gasteiger charge is 2.23. The Bertz CT molecular complexity index is 416. The maximum atomic E-state index is 12.3. The Kier molecular flexibility index (Phi) is 2.10. The lowest BCUT2D eigenvalue weighted by molar-refractivity contribution is 0.0635. The van der Waals surface area contributed by atoms with Gasteiger partial charge in [0.2, 0.25) is 0 Å². The molecule has 80 valence electrons. The van der Waals surface area contributed by atoms with E-state index >= 15 is 0 Å². The van der Waals surface area contributed by atoms with Crippen molar-refractivity contribution < 1.29 is 8.91 Å². The average Bonchev–Trinajstić information content (AvgIpc) is 2.38. The summed E-state index contributed by atoms with van der Waals surface area (Å²) in [5.74, 6) is -0.170. The normalized spacial score (nSPS) is 25.2. The molecule has 0 unspecified atom stereocenters. The molecule has 2 heteroatoms. The highest BCUT2D eigenvalue weighted by atomic mass is 16.2. The van der Waals surface area contributed by atoms with Crippen LogP contribution in [0.5, 0.6) is 0 Å². The van der Waals surface area contributed by atoms with Gasteiger partial charge >= 0.3 is 0 Å². The summed E-state index contributed by atoms with van der Waals surface area (Å²) in [6.45, 7) is -1.55. The molecule has 1 amide bonds. The van der Waals surface area contributed by atoms with Crippen LogP contribution in [0.15, 0.2) is 30.3 Å². The van der Waals surface area contributed by atoms with Crippen LogP contribution in [-0.2, 0) is 0 Å². The van der Waals surface area contributed by atoms with Gasteiger partial charge in [0.25, 0.3) is 5.91 Å². The first-order valence-corrected chi connectivity index (χ1v) is 5.36. The third-order valence-corrected chi connectivity index (χ3v) is 2.78. The van der Waals surface area contributed by atoms with Gasteiger partial charge in [0.15, 0.2) is 0 Å². The van der Waals surface area contributed by atoms with E-state index in [4.69, 9.17) is 4.11 Å². The lowest BCUT2D eigenvalue weighted by atomic mass is 10.0. The minimum atomic E-state index is -2.09. The summed E-state index contributed by atoms with van der Waals surface area (Å²) in [5.41, 5.74) is 0.564. The second kappa shape index (κ2) is 4.47. The van der Waals surface area contributed by atoms with Gasteiger partial charge in [-0.25, -0.2) is 0 Å². The fraction of sp³-hybridized carbons (Fsp3) is 0.462. The second-order valence-corrected chi connectivity index (χ2v) is 3.88. The number of hydrogen-bond donors (Lipinski definition) is 0. The number of hydrogen-bond acceptors (Lipinski definition) is 1. The third kappa shape index (κ3) is 2.20. The van der Waals surface area contributed by atoms with Crippen LogP contribution in [0, 0.1) is 0 Å². The van der Waals surface area contributed by atoms with E-state index in [2.05, 4.69) is 0 Å². The first-order valence-electron chi connectivity index (χ1n) is 6.86. The molecule has 1 aromatic rings. The highest BCUT2D eigenvalue weighted by molar-refractivity contribution is 5.94. The predicted molar refractivity (Wildman–Crippen MR) is 60.8 cm³/mol. The summed E-state index contributed by atoms with van der Waals surface area (Å²) in [6, 6.07) is 8.25. The molecule has 2 rings (SSSR count). The topological polar surface area (TPSA) is 20.3 Å². The monoisotopic (exact) mass is 206 g/mol. The SMILES string of the molecule is [2H]C([2H])([2H])[C@@H]1CCCCN1C(=O)c1ccccc1. The van der Waals surface area contributed by atoms with Crippen molar-refractivity contribution >= 4 is 5.91 Å². The van der Waals surface area contributed by atoms with Gasteiger partial charge in [0.05, 0.1) is 0 Å². The van der Waals surface area contributed by atoms with E-state index in [1.165, 1.54) is 4.90 Å². The summed E-state index contributed by atoms with van der Waals surface area (Å²) in [4.78, 5) is 13.9. The van der Waals surface area contributed by atoms with Crippen LogP contribution in [0.1, 0.15) is 40.6 Å². The number of carbonyl (C=O) groups is 1. The van der Waals surface area contributed by atoms with E-state index in [9.17, 15) is 4.79 Å². The van der Waals surface area contributed by atoms with Gasteiger partial charge in [0, 0.05) is 22.3 Å². The Hall–Kier alpha value is -1.31. The van der Waals surface area contributed by atoms with Crippen molar-refractivity contribution in [1.29, 1.82) is 0 Å². The lowest BCUT2D eigenvalue weighted by Crippen LogP contribution is -2.41. The average molecular weight is 206 g/mol. The zero-order valence-electron chi connectivity index (χ0n) is 11.6. The van der Waals surface area contributed by atoms with Gasteiger partial charge in [-0.15, -0.1) is 0 Å². The van der Waals surface area contributed by atoms with Gasteiger partial charge in [-0.2, -0.15) is 0 Å². The molecule has 2 nitrogen and oxygen atoms in total. The minimum Gasteiger partial charge on any atom is -0.336 e. The maximum Gasteiger partial charge on any atom is 0.254 e. The lowest BCUT2D eigenvalue weighted by Gasteiger charge is -2.33. The van der Waals surface area contributed by atoms with Gasteiger partial charge in [-0.1, -0.05) is 18.2 Å². The van der Waals surface area contributed by atoms with E-state index < -0.39 is 12.9 Å². The molecule has 1 aliphatic rings. The van der Waals surface area contributed by atoms with Gasteiger partial charge in [-0.3, -0.25) is 4.79 Å².